The molecule has 0 aliphatic heterocycles. The van der Waals surface area contributed by atoms with Crippen molar-refractivity contribution in [3.05, 3.63) is 219 Å². The Bertz CT molecular complexity index is 4540. The van der Waals surface area contributed by atoms with Crippen molar-refractivity contribution in [1.29, 1.82) is 0 Å². The van der Waals surface area contributed by atoms with E-state index in [0.717, 1.165) is 104 Å². The lowest BCUT2D eigenvalue weighted by molar-refractivity contribution is 0.969. The van der Waals surface area contributed by atoms with E-state index in [2.05, 4.69) is 212 Å². The Labute approximate surface area is 387 Å². The van der Waals surface area contributed by atoms with E-state index in [1.54, 1.807) is 0 Å². The lowest BCUT2D eigenvalue weighted by Gasteiger charge is -2.13. The van der Waals surface area contributed by atoms with Gasteiger partial charge in [-0.3, -0.25) is 9.13 Å². The maximum atomic E-state index is 5.50. The van der Waals surface area contributed by atoms with E-state index in [0.29, 0.717) is 17.5 Å². The summed E-state index contributed by atoms with van der Waals surface area (Å²) in [4.78, 5) is 21.7. The van der Waals surface area contributed by atoms with Gasteiger partial charge in [0.1, 0.15) is 0 Å². The van der Waals surface area contributed by atoms with Crippen LogP contribution in [0.2, 0.25) is 0 Å². The van der Waals surface area contributed by atoms with Gasteiger partial charge in [-0.15, -0.1) is 0 Å². The third-order valence-electron chi connectivity index (χ3n) is 13.8. The van der Waals surface area contributed by atoms with Crippen LogP contribution in [-0.2, 0) is 0 Å². The van der Waals surface area contributed by atoms with Crippen LogP contribution in [0.4, 0.5) is 0 Å². The largest absolute Gasteiger partial charge is 0.309 e. The summed E-state index contributed by atoms with van der Waals surface area (Å²) >= 11 is 0. The molecule has 0 aliphatic carbocycles. The van der Waals surface area contributed by atoms with E-state index >= 15 is 0 Å². The van der Waals surface area contributed by atoms with Crippen LogP contribution in [0.5, 0.6) is 0 Å². The average Bonchev–Trinajstić information content (AvgIpc) is 4.13. The van der Waals surface area contributed by atoms with Gasteiger partial charge in [0.25, 0.3) is 0 Å². The summed E-state index contributed by atoms with van der Waals surface area (Å²) in [6.07, 6.45) is 1.91. The fraction of sp³-hybridized carbons (Fsp3) is 0. The van der Waals surface area contributed by atoms with Crippen molar-refractivity contribution in [2.24, 2.45) is 0 Å². The van der Waals surface area contributed by atoms with Crippen LogP contribution < -0.4 is 0 Å². The number of fused-ring (bicyclic) bond motifs is 14. The quantitative estimate of drug-likeness (QED) is 0.173. The van der Waals surface area contributed by atoms with Gasteiger partial charge in [0.2, 0.25) is 11.9 Å². The minimum atomic E-state index is 0.530. The first-order chi connectivity index (χ1) is 33.8. The molecule has 8 nitrogen and oxygen atoms in total. The standard InChI is InChI=1S/C60H36N8/c1-4-18-37(19-5-1)55-48-36-61-59(68-52-31-17-11-25-41(52)45-33-32-44-40-24-10-15-29-50(40)66(56(44)57(45)68)39-22-8-3-9-23-39)63-58(48)64-60(62-55)67-51-30-16-13-27-43(51)47-34-53-46(35-54(47)67)42-26-12-14-28-49(42)65(53)38-20-6-2-7-21-38/h1-36H. The third-order valence-corrected chi connectivity index (χ3v) is 13.8. The third kappa shape index (κ3) is 5.13. The molecule has 0 radical (unpaired) electrons. The van der Waals surface area contributed by atoms with Gasteiger partial charge >= 0.3 is 0 Å². The summed E-state index contributed by atoms with van der Waals surface area (Å²) in [5, 5.41) is 9.91. The molecule has 15 aromatic rings. The number of para-hydroxylation sites is 6. The molecule has 6 heterocycles. The lowest BCUT2D eigenvalue weighted by Crippen LogP contribution is -2.07. The molecule has 15 rings (SSSR count). The number of rotatable bonds is 5. The van der Waals surface area contributed by atoms with Crippen LogP contribution in [0, 0.1) is 0 Å². The van der Waals surface area contributed by atoms with Crippen LogP contribution in [0.15, 0.2) is 219 Å². The first-order valence-corrected chi connectivity index (χ1v) is 22.9. The molecule has 0 amide bonds. The molecule has 0 saturated heterocycles. The van der Waals surface area contributed by atoms with Gasteiger partial charge < -0.3 is 9.13 Å². The molecular formula is C60H36N8. The molecule has 316 valence electrons. The number of benzene rings is 9. The second-order valence-electron chi connectivity index (χ2n) is 17.5. The van der Waals surface area contributed by atoms with E-state index in [4.69, 9.17) is 19.9 Å². The SMILES string of the molecule is c1ccc(-c2nc(-n3c4ccccc4c4cc5c(cc43)c3ccccc3n5-c3ccccc3)nc3nc(-n4c5ccccc5c5ccc6c7ccccc7n(-c7ccccc7)c6c54)ncc23)cc1. The Kier molecular flexibility index (Phi) is 7.62. The Morgan fingerprint density at radius 1 is 0.279 bits per heavy atom. The molecule has 68 heavy (non-hydrogen) atoms. The molecule has 0 fully saturated rings. The van der Waals surface area contributed by atoms with Crippen molar-refractivity contribution in [2.75, 3.05) is 0 Å². The Balaban J connectivity index is 1.04. The monoisotopic (exact) mass is 868 g/mol. The van der Waals surface area contributed by atoms with Gasteiger partial charge in [0, 0.05) is 66.2 Å². The highest BCUT2D eigenvalue weighted by molar-refractivity contribution is 6.24. The minimum absolute atomic E-state index is 0.530. The van der Waals surface area contributed by atoms with Crippen molar-refractivity contribution in [2.45, 2.75) is 0 Å². The molecule has 8 heteroatoms. The maximum Gasteiger partial charge on any atom is 0.237 e. The lowest BCUT2D eigenvalue weighted by atomic mass is 10.1. The fourth-order valence-electron chi connectivity index (χ4n) is 11.0. The van der Waals surface area contributed by atoms with Crippen LogP contribution in [0.25, 0.3) is 133 Å². The normalized spacial score (nSPS) is 12.1. The van der Waals surface area contributed by atoms with E-state index in [1.807, 2.05) is 24.4 Å². The highest BCUT2D eigenvalue weighted by Crippen LogP contribution is 2.43. The molecule has 9 aromatic carbocycles. The summed E-state index contributed by atoms with van der Waals surface area (Å²) in [5.41, 5.74) is 13.1. The maximum absolute atomic E-state index is 5.50. The van der Waals surface area contributed by atoms with Gasteiger partial charge in [-0.2, -0.15) is 9.97 Å². The summed E-state index contributed by atoms with van der Waals surface area (Å²) in [6.45, 7) is 0. The Morgan fingerprint density at radius 3 is 1.29 bits per heavy atom. The Morgan fingerprint density at radius 2 is 0.706 bits per heavy atom. The summed E-state index contributed by atoms with van der Waals surface area (Å²) in [6, 6.07) is 75.2. The number of aromatic nitrogens is 8. The van der Waals surface area contributed by atoms with Crippen molar-refractivity contribution < 1.29 is 0 Å². The van der Waals surface area contributed by atoms with Crippen LogP contribution in [-0.4, -0.2) is 38.2 Å². The van der Waals surface area contributed by atoms with Crippen molar-refractivity contribution >= 4 is 98.3 Å². The summed E-state index contributed by atoms with van der Waals surface area (Å²) in [5.74, 6) is 1.06. The predicted molar refractivity (Wildman–Crippen MR) is 278 cm³/mol. The molecule has 0 atom stereocenters. The second kappa shape index (κ2) is 14.1. The smallest absolute Gasteiger partial charge is 0.237 e. The van der Waals surface area contributed by atoms with Crippen molar-refractivity contribution in [1.82, 2.24) is 38.2 Å². The topological polar surface area (TPSA) is 71.3 Å². The van der Waals surface area contributed by atoms with Gasteiger partial charge in [0.05, 0.1) is 55.2 Å². The predicted octanol–water partition coefficient (Wildman–Crippen LogP) is 14.5. The summed E-state index contributed by atoms with van der Waals surface area (Å²) in [7, 11) is 0. The first-order valence-electron chi connectivity index (χ1n) is 22.9. The highest BCUT2D eigenvalue weighted by atomic mass is 15.2. The van der Waals surface area contributed by atoms with Crippen molar-refractivity contribution in [3.63, 3.8) is 0 Å². The molecular weight excluding hydrogens is 833 g/mol. The van der Waals surface area contributed by atoms with Crippen LogP contribution in [0.3, 0.4) is 0 Å². The van der Waals surface area contributed by atoms with Crippen LogP contribution in [0.1, 0.15) is 0 Å². The van der Waals surface area contributed by atoms with Gasteiger partial charge in [0.15, 0.2) is 5.65 Å². The number of nitrogens with zero attached hydrogens (tertiary/aromatic N) is 8. The molecule has 0 unspecified atom stereocenters. The first kappa shape index (κ1) is 36.9. The van der Waals surface area contributed by atoms with E-state index < -0.39 is 0 Å². The molecule has 6 aromatic heterocycles. The molecule has 0 saturated carbocycles. The van der Waals surface area contributed by atoms with Gasteiger partial charge in [-0.25, -0.2) is 9.97 Å². The van der Waals surface area contributed by atoms with E-state index in [1.165, 1.54) is 10.8 Å². The van der Waals surface area contributed by atoms with E-state index in [-0.39, 0.29) is 0 Å². The fourth-order valence-corrected chi connectivity index (χ4v) is 11.0. The second-order valence-corrected chi connectivity index (χ2v) is 17.5. The molecule has 0 aliphatic rings. The number of hydrogen-bond donors (Lipinski definition) is 0. The van der Waals surface area contributed by atoms with E-state index in [9.17, 15) is 0 Å². The molecule has 0 N–H and O–H groups in total. The zero-order chi connectivity index (χ0) is 44.5. The zero-order valence-electron chi connectivity index (χ0n) is 36.4. The van der Waals surface area contributed by atoms with Gasteiger partial charge in [-0.1, -0.05) is 152 Å². The molecule has 0 bridgehead atoms. The number of hydrogen-bond acceptors (Lipinski definition) is 4. The average molecular weight is 869 g/mol. The Hall–Kier alpha value is -9.40. The minimum Gasteiger partial charge on any atom is -0.309 e. The summed E-state index contributed by atoms with van der Waals surface area (Å²) < 4.78 is 9.20. The van der Waals surface area contributed by atoms with Crippen molar-refractivity contribution in [3.8, 4) is 34.5 Å². The molecule has 0 spiro atoms. The van der Waals surface area contributed by atoms with Gasteiger partial charge in [-0.05, 0) is 60.7 Å². The highest BCUT2D eigenvalue weighted by Gasteiger charge is 2.25. The van der Waals surface area contributed by atoms with Crippen LogP contribution >= 0.6 is 0 Å². The zero-order valence-corrected chi connectivity index (χ0v) is 36.4.